The highest BCUT2D eigenvalue weighted by atomic mass is 32.1. The summed E-state index contributed by atoms with van der Waals surface area (Å²) in [7, 11) is 3.08. The number of carbonyl (C=O) groups excluding carboxylic acids is 2. The van der Waals surface area contributed by atoms with Gasteiger partial charge in [0.15, 0.2) is 11.6 Å². The van der Waals surface area contributed by atoms with Crippen LogP contribution in [0.25, 0.3) is 20.8 Å². The fourth-order valence-electron chi connectivity index (χ4n) is 4.07. The van der Waals surface area contributed by atoms with E-state index in [-0.39, 0.29) is 30.3 Å². The zero-order chi connectivity index (χ0) is 28.8. The van der Waals surface area contributed by atoms with E-state index in [4.69, 9.17) is 14.2 Å². The molecule has 0 saturated heterocycles. The molecule has 0 unspecified atom stereocenters. The number of urea groups is 1. The van der Waals surface area contributed by atoms with Crippen molar-refractivity contribution in [3.63, 3.8) is 0 Å². The monoisotopic (exact) mass is 579 g/mol. The molecule has 1 aromatic carbocycles. The number of anilines is 1. The van der Waals surface area contributed by atoms with Crippen LogP contribution in [0.4, 0.5) is 14.9 Å². The molecule has 0 atom stereocenters. The molecule has 3 heterocycles. The maximum atomic E-state index is 14.9. The minimum absolute atomic E-state index is 0.00309. The zero-order valence-electron chi connectivity index (χ0n) is 22.7. The first kappa shape index (κ1) is 28.4. The van der Waals surface area contributed by atoms with Gasteiger partial charge in [0, 0.05) is 63.6 Å². The Morgan fingerprint density at radius 3 is 2.63 bits per heavy atom. The van der Waals surface area contributed by atoms with Crippen LogP contribution in [0.15, 0.2) is 54.9 Å². The van der Waals surface area contributed by atoms with E-state index in [1.165, 1.54) is 30.6 Å². The molecule has 2 N–H and O–H groups in total. The van der Waals surface area contributed by atoms with Gasteiger partial charge in [-0.15, -0.1) is 11.3 Å². The van der Waals surface area contributed by atoms with Gasteiger partial charge in [0.1, 0.15) is 12.4 Å². The average Bonchev–Trinajstić information content (AvgIpc) is 3.66. The van der Waals surface area contributed by atoms with E-state index >= 15 is 0 Å². The average molecular weight is 580 g/mol. The first-order chi connectivity index (χ1) is 19.9. The molecule has 1 aliphatic rings. The predicted molar refractivity (Wildman–Crippen MR) is 154 cm³/mol. The number of amides is 3. The van der Waals surface area contributed by atoms with Gasteiger partial charge in [-0.25, -0.2) is 9.18 Å². The van der Waals surface area contributed by atoms with Crippen molar-refractivity contribution >= 4 is 39.2 Å². The van der Waals surface area contributed by atoms with Crippen molar-refractivity contribution < 1.29 is 28.2 Å². The number of halogens is 1. The summed E-state index contributed by atoms with van der Waals surface area (Å²) in [4.78, 5) is 35.9. The van der Waals surface area contributed by atoms with Gasteiger partial charge < -0.3 is 29.7 Å². The lowest BCUT2D eigenvalue weighted by Crippen LogP contribution is -2.35. The van der Waals surface area contributed by atoms with Crippen LogP contribution in [-0.2, 0) is 20.8 Å². The van der Waals surface area contributed by atoms with Crippen LogP contribution in [-0.4, -0.2) is 66.8 Å². The lowest BCUT2D eigenvalue weighted by molar-refractivity contribution is -0.136. The molecule has 0 spiro atoms. The zero-order valence-corrected chi connectivity index (χ0v) is 23.5. The highest BCUT2D eigenvalue weighted by Crippen LogP contribution is 2.39. The first-order valence-corrected chi connectivity index (χ1v) is 13.9. The largest absolute Gasteiger partial charge is 0.453 e. The molecule has 5 rings (SSSR count). The van der Waals surface area contributed by atoms with Crippen molar-refractivity contribution in [1.82, 2.24) is 20.2 Å². The molecule has 41 heavy (non-hydrogen) atoms. The summed E-state index contributed by atoms with van der Waals surface area (Å²) in [5.74, 6) is -0.238. The SMILES string of the molecule is COCCN(Cc1ccc(-c2cc3nccc(Oc4ccc(NC(=O)NC5CC5)cc4F)c3s2)nc1)C(=O)COC. The second-order valence-electron chi connectivity index (χ2n) is 9.55. The number of rotatable bonds is 12. The number of nitrogens with zero attached hydrogens (tertiary/aromatic N) is 3. The lowest BCUT2D eigenvalue weighted by atomic mass is 10.2. The molecule has 12 heteroatoms. The number of methoxy groups -OCH3 is 2. The standard InChI is InChI=1S/C29H30FN5O5S/c1-38-12-11-35(27(36)17-39-2)16-18-3-7-22(32-15-18)26-14-23-28(41-26)25(9-10-31-23)40-24-8-6-20(13-21(24)30)34-29(37)33-19-4-5-19/h3,6-10,13-15,19H,4-5,11-12,16-17H2,1-2H3,(H2,33,34,37). The maximum absolute atomic E-state index is 14.9. The number of nitrogens with one attached hydrogen (secondary N) is 2. The van der Waals surface area contributed by atoms with Gasteiger partial charge >= 0.3 is 6.03 Å². The van der Waals surface area contributed by atoms with Crippen molar-refractivity contribution in [2.75, 3.05) is 39.3 Å². The fourth-order valence-corrected chi connectivity index (χ4v) is 5.12. The third kappa shape index (κ3) is 7.34. The molecule has 1 aliphatic carbocycles. The van der Waals surface area contributed by atoms with Crippen LogP contribution >= 0.6 is 11.3 Å². The fraction of sp³-hybridized carbons (Fsp3) is 0.310. The van der Waals surface area contributed by atoms with E-state index in [1.54, 1.807) is 36.5 Å². The maximum Gasteiger partial charge on any atom is 0.319 e. The number of hydrogen-bond acceptors (Lipinski definition) is 8. The molecule has 0 aliphatic heterocycles. The first-order valence-electron chi connectivity index (χ1n) is 13.1. The number of aromatic nitrogens is 2. The van der Waals surface area contributed by atoms with Crippen molar-refractivity contribution in [1.29, 1.82) is 0 Å². The van der Waals surface area contributed by atoms with E-state index in [9.17, 15) is 14.0 Å². The summed E-state index contributed by atoms with van der Waals surface area (Å²) in [6.07, 6.45) is 5.27. The van der Waals surface area contributed by atoms with E-state index in [0.717, 1.165) is 33.7 Å². The molecule has 1 saturated carbocycles. The Bertz CT molecular complexity index is 1530. The van der Waals surface area contributed by atoms with E-state index in [0.29, 0.717) is 36.6 Å². The summed E-state index contributed by atoms with van der Waals surface area (Å²) in [6.45, 7) is 1.25. The summed E-state index contributed by atoms with van der Waals surface area (Å²) in [5.41, 5.74) is 2.64. The number of thiophene rings is 1. The Kier molecular flexibility index (Phi) is 9.02. The van der Waals surface area contributed by atoms with Gasteiger partial charge in [0.05, 0.1) is 27.4 Å². The summed E-state index contributed by atoms with van der Waals surface area (Å²) in [6, 6.07) is 11.5. The van der Waals surface area contributed by atoms with Crippen molar-refractivity contribution in [3.8, 4) is 22.1 Å². The Labute approximate surface area is 240 Å². The Balaban J connectivity index is 1.29. The Morgan fingerprint density at radius 2 is 1.93 bits per heavy atom. The smallest absolute Gasteiger partial charge is 0.319 e. The molecule has 214 valence electrons. The predicted octanol–water partition coefficient (Wildman–Crippen LogP) is 5.20. The molecule has 1 fully saturated rings. The number of benzene rings is 1. The lowest BCUT2D eigenvalue weighted by Gasteiger charge is -2.22. The third-order valence-electron chi connectivity index (χ3n) is 6.33. The van der Waals surface area contributed by atoms with Gasteiger partial charge in [-0.2, -0.15) is 0 Å². The normalized spacial score (nSPS) is 12.8. The minimum Gasteiger partial charge on any atom is -0.453 e. The topological polar surface area (TPSA) is 115 Å². The number of ether oxygens (including phenoxy) is 3. The van der Waals surface area contributed by atoms with Crippen molar-refractivity contribution in [2.45, 2.75) is 25.4 Å². The van der Waals surface area contributed by atoms with Gasteiger partial charge in [-0.1, -0.05) is 6.07 Å². The van der Waals surface area contributed by atoms with E-state index < -0.39 is 5.82 Å². The molecule has 10 nitrogen and oxygen atoms in total. The molecule has 3 aromatic heterocycles. The third-order valence-corrected chi connectivity index (χ3v) is 7.50. The van der Waals surface area contributed by atoms with Crippen LogP contribution in [0.3, 0.4) is 0 Å². The molecular weight excluding hydrogens is 549 g/mol. The van der Waals surface area contributed by atoms with Gasteiger partial charge in [0.2, 0.25) is 5.91 Å². The Hall–Kier alpha value is -4.13. The second-order valence-corrected chi connectivity index (χ2v) is 10.6. The molecule has 3 amide bonds. The minimum atomic E-state index is -0.600. The van der Waals surface area contributed by atoms with Crippen LogP contribution in [0.2, 0.25) is 0 Å². The number of fused-ring (bicyclic) bond motifs is 1. The van der Waals surface area contributed by atoms with Crippen LogP contribution in [0.5, 0.6) is 11.5 Å². The summed E-state index contributed by atoms with van der Waals surface area (Å²) >= 11 is 1.43. The number of carbonyl (C=O) groups is 2. The van der Waals surface area contributed by atoms with E-state index in [2.05, 4.69) is 20.6 Å². The van der Waals surface area contributed by atoms with Gasteiger partial charge in [-0.05, 0) is 42.7 Å². The molecule has 4 aromatic rings. The highest BCUT2D eigenvalue weighted by molar-refractivity contribution is 7.22. The number of hydrogen-bond donors (Lipinski definition) is 2. The molecular formula is C29H30FN5O5S. The highest BCUT2D eigenvalue weighted by Gasteiger charge is 2.23. The van der Waals surface area contributed by atoms with Crippen molar-refractivity contribution in [2.24, 2.45) is 0 Å². The molecule has 0 bridgehead atoms. The van der Waals surface area contributed by atoms with Crippen LogP contribution in [0.1, 0.15) is 18.4 Å². The van der Waals surface area contributed by atoms with Crippen LogP contribution in [0, 0.1) is 5.82 Å². The summed E-state index contributed by atoms with van der Waals surface area (Å²) < 4.78 is 31.7. The van der Waals surface area contributed by atoms with Crippen LogP contribution < -0.4 is 15.4 Å². The Morgan fingerprint density at radius 1 is 1.07 bits per heavy atom. The molecule has 0 radical (unpaired) electrons. The van der Waals surface area contributed by atoms with Crippen molar-refractivity contribution in [3.05, 3.63) is 66.2 Å². The van der Waals surface area contributed by atoms with Gasteiger partial charge in [0.25, 0.3) is 0 Å². The van der Waals surface area contributed by atoms with Gasteiger partial charge in [-0.3, -0.25) is 14.8 Å². The quantitative estimate of drug-likeness (QED) is 0.237. The summed E-state index contributed by atoms with van der Waals surface area (Å²) in [5, 5.41) is 5.44. The second kappa shape index (κ2) is 13.0. The van der Waals surface area contributed by atoms with E-state index in [1.807, 2.05) is 18.2 Å². The number of pyridine rings is 2.